The number of aryl methyl sites for hydroxylation is 3. The van der Waals surface area contributed by atoms with Gasteiger partial charge < -0.3 is 4.90 Å². The van der Waals surface area contributed by atoms with E-state index in [9.17, 15) is 4.79 Å². The van der Waals surface area contributed by atoms with E-state index in [4.69, 9.17) is 4.98 Å². The Hall–Kier alpha value is -1.14. The number of hydrogen-bond donors (Lipinski definition) is 0. The molecular formula is C21H27N3OS2. The number of fused-ring (bicyclic) bond motifs is 4. The molecule has 2 unspecified atom stereocenters. The Morgan fingerprint density at radius 1 is 1.15 bits per heavy atom. The molecule has 4 nitrogen and oxygen atoms in total. The lowest BCUT2D eigenvalue weighted by atomic mass is 9.75. The minimum atomic E-state index is 0.292. The summed E-state index contributed by atoms with van der Waals surface area (Å²) >= 11 is 3.46. The van der Waals surface area contributed by atoms with E-state index < -0.39 is 0 Å². The van der Waals surface area contributed by atoms with Gasteiger partial charge in [0.1, 0.15) is 15.7 Å². The molecule has 2 atom stereocenters. The highest BCUT2D eigenvalue weighted by Gasteiger charge is 2.33. The lowest BCUT2D eigenvalue weighted by Crippen LogP contribution is -2.45. The van der Waals surface area contributed by atoms with Crippen LogP contribution in [0.5, 0.6) is 0 Å². The van der Waals surface area contributed by atoms with E-state index in [1.807, 2.05) is 18.3 Å². The fourth-order valence-electron chi connectivity index (χ4n) is 5.22. The number of thioether (sulfide) groups is 1. The Morgan fingerprint density at radius 2 is 2.00 bits per heavy atom. The first-order valence-corrected chi connectivity index (χ1v) is 12.2. The average Bonchev–Trinajstić information content (AvgIpc) is 3.26. The molecule has 0 spiro atoms. The maximum atomic E-state index is 12.9. The van der Waals surface area contributed by atoms with Crippen molar-refractivity contribution in [2.75, 3.05) is 18.8 Å². The molecular weight excluding hydrogens is 374 g/mol. The summed E-state index contributed by atoms with van der Waals surface area (Å²) in [6.45, 7) is 3.90. The maximum absolute atomic E-state index is 12.9. The molecule has 0 N–H and O–H groups in total. The van der Waals surface area contributed by atoms with Crippen LogP contribution < -0.4 is 0 Å². The third kappa shape index (κ3) is 3.39. The average molecular weight is 402 g/mol. The minimum Gasteiger partial charge on any atom is -0.342 e. The van der Waals surface area contributed by atoms with E-state index in [2.05, 4.69) is 9.88 Å². The lowest BCUT2D eigenvalue weighted by Gasteiger charge is -2.41. The highest BCUT2D eigenvalue weighted by atomic mass is 32.2. The number of aromatic nitrogens is 2. The molecule has 27 heavy (non-hydrogen) atoms. The molecule has 1 amide bonds. The molecule has 0 aromatic carbocycles. The molecule has 0 bridgehead atoms. The van der Waals surface area contributed by atoms with Crippen LogP contribution in [0.15, 0.2) is 5.03 Å². The van der Waals surface area contributed by atoms with Crippen LogP contribution in [0.25, 0.3) is 10.2 Å². The predicted molar refractivity (Wildman–Crippen MR) is 112 cm³/mol. The van der Waals surface area contributed by atoms with Crippen LogP contribution >= 0.6 is 23.1 Å². The van der Waals surface area contributed by atoms with Crippen LogP contribution in [0.2, 0.25) is 0 Å². The van der Waals surface area contributed by atoms with Crippen molar-refractivity contribution in [1.29, 1.82) is 0 Å². The van der Waals surface area contributed by atoms with Crippen LogP contribution in [-0.2, 0) is 17.6 Å². The van der Waals surface area contributed by atoms with Crippen molar-refractivity contribution >= 4 is 39.2 Å². The van der Waals surface area contributed by atoms with E-state index in [0.717, 1.165) is 47.0 Å². The summed E-state index contributed by atoms with van der Waals surface area (Å²) in [5.74, 6) is 3.23. The molecule has 2 fully saturated rings. The van der Waals surface area contributed by atoms with Gasteiger partial charge in [0.05, 0.1) is 5.75 Å². The van der Waals surface area contributed by atoms with E-state index >= 15 is 0 Å². The van der Waals surface area contributed by atoms with E-state index in [-0.39, 0.29) is 0 Å². The fraction of sp³-hybridized carbons (Fsp3) is 0.667. The van der Waals surface area contributed by atoms with Crippen molar-refractivity contribution in [2.24, 2.45) is 11.8 Å². The minimum absolute atomic E-state index is 0.292. The lowest BCUT2D eigenvalue weighted by molar-refractivity contribution is -0.131. The van der Waals surface area contributed by atoms with Gasteiger partial charge in [0, 0.05) is 23.4 Å². The summed E-state index contributed by atoms with van der Waals surface area (Å²) in [6, 6.07) is 0. The molecule has 3 aliphatic rings. The quantitative estimate of drug-likeness (QED) is 0.556. The second-order valence-corrected chi connectivity index (χ2v) is 10.4. The highest BCUT2D eigenvalue weighted by Crippen LogP contribution is 2.41. The van der Waals surface area contributed by atoms with E-state index in [0.29, 0.717) is 11.7 Å². The monoisotopic (exact) mass is 401 g/mol. The normalized spacial score (nSPS) is 24.9. The van der Waals surface area contributed by atoms with Crippen LogP contribution in [0.3, 0.4) is 0 Å². The number of nitrogens with zero attached hydrogens (tertiary/aromatic N) is 3. The number of thiophene rings is 1. The molecule has 3 heterocycles. The third-order valence-electron chi connectivity index (χ3n) is 6.62. The van der Waals surface area contributed by atoms with Gasteiger partial charge in [0.15, 0.2) is 0 Å². The van der Waals surface area contributed by atoms with Gasteiger partial charge in [0.25, 0.3) is 0 Å². The van der Waals surface area contributed by atoms with Gasteiger partial charge in [-0.2, -0.15) is 0 Å². The van der Waals surface area contributed by atoms with Crippen molar-refractivity contribution in [1.82, 2.24) is 14.9 Å². The van der Waals surface area contributed by atoms with Crippen molar-refractivity contribution in [2.45, 2.75) is 63.3 Å². The first-order chi connectivity index (χ1) is 13.2. The second kappa shape index (κ2) is 7.36. The smallest absolute Gasteiger partial charge is 0.232 e. The summed E-state index contributed by atoms with van der Waals surface area (Å²) < 4.78 is 0. The molecule has 2 aromatic rings. The van der Waals surface area contributed by atoms with E-state index in [1.54, 1.807) is 11.8 Å². The summed E-state index contributed by atoms with van der Waals surface area (Å²) in [7, 11) is 0. The molecule has 1 saturated heterocycles. The summed E-state index contributed by atoms with van der Waals surface area (Å²) in [5, 5.41) is 2.26. The number of piperidine rings is 1. The Bertz CT molecular complexity index is 878. The van der Waals surface area contributed by atoms with E-state index in [1.165, 1.54) is 60.8 Å². The first kappa shape index (κ1) is 17.9. The summed E-state index contributed by atoms with van der Waals surface area (Å²) in [6.07, 6.45) is 10.2. The fourth-order valence-corrected chi connectivity index (χ4v) is 7.59. The van der Waals surface area contributed by atoms with Gasteiger partial charge in [-0.25, -0.2) is 9.97 Å². The zero-order valence-electron chi connectivity index (χ0n) is 16.0. The molecule has 1 aliphatic heterocycles. The molecule has 5 rings (SSSR count). The van der Waals surface area contributed by atoms with Crippen molar-refractivity contribution < 1.29 is 4.79 Å². The largest absolute Gasteiger partial charge is 0.342 e. The van der Waals surface area contributed by atoms with Gasteiger partial charge in [-0.3, -0.25) is 4.79 Å². The maximum Gasteiger partial charge on any atom is 0.232 e. The van der Waals surface area contributed by atoms with Crippen LogP contribution in [0.4, 0.5) is 0 Å². The highest BCUT2D eigenvalue weighted by molar-refractivity contribution is 8.00. The third-order valence-corrected chi connectivity index (χ3v) is 8.77. The zero-order chi connectivity index (χ0) is 18.4. The Labute approximate surface area is 169 Å². The van der Waals surface area contributed by atoms with Gasteiger partial charge in [-0.15, -0.1) is 11.3 Å². The first-order valence-electron chi connectivity index (χ1n) is 10.4. The number of carbonyl (C=O) groups is 1. The summed E-state index contributed by atoms with van der Waals surface area (Å²) in [4.78, 5) is 27.0. The van der Waals surface area contributed by atoms with Gasteiger partial charge in [-0.05, 0) is 56.4 Å². The number of amides is 1. The number of carbonyl (C=O) groups excluding carboxylic acids is 1. The Kier molecular flexibility index (Phi) is 4.88. The van der Waals surface area contributed by atoms with Crippen molar-refractivity contribution in [3.63, 3.8) is 0 Å². The number of rotatable bonds is 3. The number of likely N-dealkylation sites (tertiary alicyclic amines) is 1. The Balaban J connectivity index is 1.31. The van der Waals surface area contributed by atoms with Crippen molar-refractivity contribution in [3.8, 4) is 0 Å². The zero-order valence-corrected chi connectivity index (χ0v) is 17.6. The number of hydrogen-bond acceptors (Lipinski definition) is 5. The van der Waals surface area contributed by atoms with Crippen LogP contribution in [0, 0.1) is 18.8 Å². The molecule has 1 saturated carbocycles. The SMILES string of the molecule is Cc1nc(SCC(=O)N2CCC3CCCCC3C2)c2c3c(sc2n1)CCC3. The predicted octanol–water partition coefficient (Wildman–Crippen LogP) is 4.62. The van der Waals surface area contributed by atoms with Crippen LogP contribution in [0.1, 0.15) is 54.8 Å². The van der Waals surface area contributed by atoms with Crippen LogP contribution in [-0.4, -0.2) is 39.6 Å². The van der Waals surface area contributed by atoms with Gasteiger partial charge in [-0.1, -0.05) is 31.0 Å². The molecule has 2 aliphatic carbocycles. The molecule has 6 heteroatoms. The molecule has 0 radical (unpaired) electrons. The molecule has 144 valence electrons. The summed E-state index contributed by atoms with van der Waals surface area (Å²) in [5.41, 5.74) is 1.45. The van der Waals surface area contributed by atoms with Crippen molar-refractivity contribution in [3.05, 3.63) is 16.3 Å². The van der Waals surface area contributed by atoms with Gasteiger partial charge >= 0.3 is 0 Å². The topological polar surface area (TPSA) is 46.1 Å². The Morgan fingerprint density at radius 3 is 2.89 bits per heavy atom. The standard InChI is InChI=1S/C21H27N3OS2/c1-13-22-20(19-16-7-4-8-17(16)27-21(19)23-13)26-12-18(25)24-10-9-14-5-2-3-6-15(14)11-24/h14-15H,2-12H2,1H3. The second-order valence-electron chi connectivity index (χ2n) is 8.34. The van der Waals surface area contributed by atoms with Gasteiger partial charge in [0.2, 0.25) is 5.91 Å². The molecule has 2 aromatic heterocycles.